The Labute approximate surface area is 162 Å². The van der Waals surface area contributed by atoms with Crippen LogP contribution in [-0.2, 0) is 4.74 Å². The Morgan fingerprint density at radius 1 is 1.33 bits per heavy atom. The largest absolute Gasteiger partial charge is 0.486 e. The normalized spacial score (nSPS) is 19.8. The van der Waals surface area contributed by atoms with Gasteiger partial charge in [-0.1, -0.05) is 26.0 Å². The van der Waals surface area contributed by atoms with Gasteiger partial charge in [-0.2, -0.15) is 0 Å². The van der Waals surface area contributed by atoms with Gasteiger partial charge < -0.3 is 20.1 Å². The van der Waals surface area contributed by atoms with Crippen molar-refractivity contribution < 1.29 is 13.9 Å². The van der Waals surface area contributed by atoms with Gasteiger partial charge in [0.15, 0.2) is 17.5 Å². The van der Waals surface area contributed by atoms with Crippen LogP contribution in [-0.4, -0.2) is 69.4 Å². The monoisotopic (exact) mass is 380 g/mol. The third-order valence-electron chi connectivity index (χ3n) is 4.29. The maximum absolute atomic E-state index is 13.7. The van der Waals surface area contributed by atoms with Gasteiger partial charge >= 0.3 is 0 Å². The molecule has 7 heteroatoms. The van der Waals surface area contributed by atoms with Gasteiger partial charge in [-0.25, -0.2) is 4.39 Å². The van der Waals surface area contributed by atoms with Crippen LogP contribution in [0, 0.1) is 11.7 Å². The van der Waals surface area contributed by atoms with Gasteiger partial charge in [0.05, 0.1) is 19.3 Å². The summed E-state index contributed by atoms with van der Waals surface area (Å²) in [7, 11) is 1.73. The Morgan fingerprint density at radius 2 is 2.11 bits per heavy atom. The molecule has 0 amide bonds. The number of rotatable bonds is 8. The van der Waals surface area contributed by atoms with Gasteiger partial charge in [0.2, 0.25) is 0 Å². The van der Waals surface area contributed by atoms with Gasteiger partial charge in [0.25, 0.3) is 0 Å². The van der Waals surface area contributed by atoms with E-state index in [1.54, 1.807) is 25.2 Å². The van der Waals surface area contributed by atoms with Crippen molar-refractivity contribution in [2.75, 3.05) is 46.4 Å². The molecule has 1 heterocycles. The van der Waals surface area contributed by atoms with E-state index in [2.05, 4.69) is 34.4 Å². The summed E-state index contributed by atoms with van der Waals surface area (Å²) >= 11 is 0. The van der Waals surface area contributed by atoms with Crippen molar-refractivity contribution in [1.82, 2.24) is 15.5 Å². The van der Waals surface area contributed by atoms with Crippen molar-refractivity contribution >= 4 is 5.96 Å². The molecule has 6 nitrogen and oxygen atoms in total. The fourth-order valence-electron chi connectivity index (χ4n) is 3.06. The van der Waals surface area contributed by atoms with Gasteiger partial charge in [-0.05, 0) is 25.0 Å². The predicted octanol–water partition coefficient (Wildman–Crippen LogP) is 2.11. The molecule has 152 valence electrons. The SMILES string of the molecule is CN=C(NCC(C)Oc1ccccc1F)NCC1CN(CC(C)C)CCO1. The van der Waals surface area contributed by atoms with E-state index in [1.807, 2.05) is 6.92 Å². The summed E-state index contributed by atoms with van der Waals surface area (Å²) in [5.41, 5.74) is 0. The number of nitrogens with one attached hydrogen (secondary N) is 2. The highest BCUT2D eigenvalue weighted by molar-refractivity contribution is 5.79. The topological polar surface area (TPSA) is 58.1 Å². The second-order valence-corrected chi connectivity index (χ2v) is 7.34. The average Bonchev–Trinajstić information content (AvgIpc) is 2.63. The maximum Gasteiger partial charge on any atom is 0.191 e. The molecule has 2 rings (SSSR count). The van der Waals surface area contributed by atoms with Gasteiger partial charge in [0, 0.05) is 33.2 Å². The van der Waals surface area contributed by atoms with Crippen molar-refractivity contribution in [3.63, 3.8) is 0 Å². The first-order valence-corrected chi connectivity index (χ1v) is 9.67. The van der Waals surface area contributed by atoms with Crippen molar-refractivity contribution in [3.8, 4) is 5.75 Å². The fraction of sp³-hybridized carbons (Fsp3) is 0.650. The second-order valence-electron chi connectivity index (χ2n) is 7.34. The minimum Gasteiger partial charge on any atom is -0.486 e. The molecule has 1 aromatic carbocycles. The van der Waals surface area contributed by atoms with Crippen LogP contribution in [0.4, 0.5) is 4.39 Å². The molecule has 1 aliphatic rings. The molecule has 0 bridgehead atoms. The second kappa shape index (κ2) is 11.1. The van der Waals surface area contributed by atoms with Crippen LogP contribution in [0.15, 0.2) is 29.3 Å². The summed E-state index contributed by atoms with van der Waals surface area (Å²) in [5.74, 6) is 1.24. The molecule has 0 aromatic heterocycles. The highest BCUT2D eigenvalue weighted by atomic mass is 19.1. The van der Waals surface area contributed by atoms with Crippen LogP contribution in [0.3, 0.4) is 0 Å². The Bertz CT molecular complexity index is 597. The van der Waals surface area contributed by atoms with Crippen LogP contribution in [0.25, 0.3) is 0 Å². The summed E-state index contributed by atoms with van der Waals surface area (Å²) in [4.78, 5) is 6.68. The average molecular weight is 381 g/mol. The van der Waals surface area contributed by atoms with Crippen LogP contribution in [0.5, 0.6) is 5.75 Å². The Kier molecular flexibility index (Phi) is 8.81. The molecule has 2 N–H and O–H groups in total. The number of hydrogen-bond acceptors (Lipinski definition) is 4. The molecule has 0 spiro atoms. The zero-order valence-electron chi connectivity index (χ0n) is 16.9. The van der Waals surface area contributed by atoms with E-state index in [1.165, 1.54) is 6.07 Å². The number of guanidine groups is 1. The molecular weight excluding hydrogens is 347 g/mol. The Balaban J connectivity index is 1.71. The third-order valence-corrected chi connectivity index (χ3v) is 4.29. The number of benzene rings is 1. The molecule has 1 aliphatic heterocycles. The quantitative estimate of drug-likeness (QED) is 0.534. The van der Waals surface area contributed by atoms with Crippen molar-refractivity contribution in [1.29, 1.82) is 0 Å². The van der Waals surface area contributed by atoms with Crippen LogP contribution < -0.4 is 15.4 Å². The standard InChI is InChI=1S/C20H33FN4O2/c1-15(2)13-25-9-10-26-17(14-25)12-24-20(22-4)23-11-16(3)27-19-8-6-5-7-18(19)21/h5-8,15-17H,9-14H2,1-4H3,(H2,22,23,24). The number of halogens is 1. The van der Waals surface area contributed by atoms with Crippen molar-refractivity contribution in [3.05, 3.63) is 30.1 Å². The molecular formula is C20H33FN4O2. The van der Waals surface area contributed by atoms with Crippen LogP contribution in [0.1, 0.15) is 20.8 Å². The highest BCUT2D eigenvalue weighted by Gasteiger charge is 2.21. The summed E-state index contributed by atoms with van der Waals surface area (Å²) in [5, 5.41) is 6.52. The van der Waals surface area contributed by atoms with E-state index in [4.69, 9.17) is 9.47 Å². The molecule has 1 aromatic rings. The Morgan fingerprint density at radius 3 is 2.81 bits per heavy atom. The zero-order chi connectivity index (χ0) is 19.6. The predicted molar refractivity (Wildman–Crippen MR) is 107 cm³/mol. The number of aliphatic imine (C=N–C) groups is 1. The first kappa shape index (κ1) is 21.4. The van der Waals surface area contributed by atoms with Crippen molar-refractivity contribution in [2.45, 2.75) is 33.0 Å². The minimum atomic E-state index is -0.354. The molecule has 27 heavy (non-hydrogen) atoms. The lowest BCUT2D eigenvalue weighted by Gasteiger charge is -2.34. The van der Waals surface area contributed by atoms with Crippen LogP contribution >= 0.6 is 0 Å². The summed E-state index contributed by atoms with van der Waals surface area (Å²) in [6.07, 6.45) is -0.0592. The van der Waals surface area contributed by atoms with Gasteiger partial charge in [-0.3, -0.25) is 9.89 Å². The molecule has 1 saturated heterocycles. The third kappa shape index (κ3) is 7.72. The number of hydrogen-bond donors (Lipinski definition) is 2. The molecule has 0 saturated carbocycles. The van der Waals surface area contributed by atoms with E-state index < -0.39 is 0 Å². The lowest BCUT2D eigenvalue weighted by molar-refractivity contribution is -0.0284. The van der Waals surface area contributed by atoms with Crippen molar-refractivity contribution in [2.24, 2.45) is 10.9 Å². The van der Waals surface area contributed by atoms with Crippen LogP contribution in [0.2, 0.25) is 0 Å². The number of para-hydroxylation sites is 1. The molecule has 0 aliphatic carbocycles. The lowest BCUT2D eigenvalue weighted by Crippen LogP contribution is -2.50. The molecule has 2 atom stereocenters. The first-order chi connectivity index (χ1) is 13.0. The molecule has 0 radical (unpaired) electrons. The first-order valence-electron chi connectivity index (χ1n) is 9.67. The summed E-state index contributed by atoms with van der Waals surface area (Å²) in [6.45, 7) is 11.3. The van der Waals surface area contributed by atoms with Gasteiger partial charge in [-0.15, -0.1) is 0 Å². The Hall–Kier alpha value is -1.86. The number of nitrogens with zero attached hydrogens (tertiary/aromatic N) is 2. The van der Waals surface area contributed by atoms with E-state index in [0.29, 0.717) is 25.0 Å². The van der Waals surface area contributed by atoms with E-state index in [-0.39, 0.29) is 23.8 Å². The lowest BCUT2D eigenvalue weighted by atomic mass is 10.2. The zero-order valence-corrected chi connectivity index (χ0v) is 16.9. The smallest absolute Gasteiger partial charge is 0.191 e. The van der Waals surface area contributed by atoms with E-state index in [9.17, 15) is 4.39 Å². The van der Waals surface area contributed by atoms with Gasteiger partial charge in [0.1, 0.15) is 6.10 Å². The van der Waals surface area contributed by atoms with E-state index in [0.717, 1.165) is 26.2 Å². The summed E-state index contributed by atoms with van der Waals surface area (Å²) in [6, 6.07) is 6.42. The highest BCUT2D eigenvalue weighted by Crippen LogP contribution is 2.16. The maximum atomic E-state index is 13.7. The minimum absolute atomic E-state index is 0.142. The number of ether oxygens (including phenoxy) is 2. The fourth-order valence-corrected chi connectivity index (χ4v) is 3.06. The van der Waals surface area contributed by atoms with E-state index >= 15 is 0 Å². The number of morpholine rings is 1. The summed E-state index contributed by atoms with van der Waals surface area (Å²) < 4.78 is 25.1. The molecule has 2 unspecified atom stereocenters. The molecule has 1 fully saturated rings.